The highest BCUT2D eigenvalue weighted by Gasteiger charge is 2.16. The number of carbonyl (C=O) groups excluding carboxylic acids is 1. The van der Waals surface area contributed by atoms with Crippen molar-refractivity contribution in [3.05, 3.63) is 41.5 Å². The van der Waals surface area contributed by atoms with Crippen LogP contribution < -0.4 is 5.32 Å². The largest absolute Gasteiger partial charge is 0.478 e. The minimum absolute atomic E-state index is 0.0712. The number of nitrogens with one attached hydrogen (secondary N) is 1. The molecule has 0 aromatic heterocycles. The minimum Gasteiger partial charge on any atom is -0.478 e. The van der Waals surface area contributed by atoms with Crippen LogP contribution in [0.1, 0.15) is 41.6 Å². The molecule has 0 spiro atoms. The number of hydrogen-bond donors (Lipinski definition) is 2. The van der Waals surface area contributed by atoms with Crippen LogP contribution >= 0.6 is 0 Å². The average Bonchev–Trinajstić information content (AvgIpc) is 2.39. The first kappa shape index (κ1) is 14.3. The normalized spacial score (nSPS) is 15.0. The van der Waals surface area contributed by atoms with Gasteiger partial charge in [-0.25, -0.2) is 4.79 Å². The fourth-order valence-electron chi connectivity index (χ4n) is 2.19. The van der Waals surface area contributed by atoms with Gasteiger partial charge in [0.15, 0.2) is 0 Å². The molecule has 1 aliphatic rings. The number of aliphatic carboxylic acids is 1. The Morgan fingerprint density at radius 1 is 1.25 bits per heavy atom. The molecule has 0 heterocycles. The van der Waals surface area contributed by atoms with Crippen molar-refractivity contribution in [3.63, 3.8) is 0 Å². The van der Waals surface area contributed by atoms with E-state index in [0.29, 0.717) is 5.56 Å². The summed E-state index contributed by atoms with van der Waals surface area (Å²) < 4.78 is 0. The first-order valence-electron chi connectivity index (χ1n) is 6.94. The summed E-state index contributed by atoms with van der Waals surface area (Å²) in [7, 11) is 0. The second kappa shape index (κ2) is 6.89. The minimum atomic E-state index is -0.984. The van der Waals surface area contributed by atoms with E-state index in [0.717, 1.165) is 30.5 Å². The van der Waals surface area contributed by atoms with Crippen LogP contribution in [0.5, 0.6) is 0 Å². The van der Waals surface area contributed by atoms with E-state index < -0.39 is 5.97 Å². The van der Waals surface area contributed by atoms with Gasteiger partial charge in [-0.1, -0.05) is 31.4 Å². The molecule has 1 aromatic rings. The number of carboxylic acids is 1. The lowest BCUT2D eigenvalue weighted by atomic mass is 9.83. The van der Waals surface area contributed by atoms with Gasteiger partial charge in [0.2, 0.25) is 0 Å². The molecule has 1 aromatic carbocycles. The molecule has 20 heavy (non-hydrogen) atoms. The van der Waals surface area contributed by atoms with Crippen molar-refractivity contribution in [1.82, 2.24) is 5.32 Å². The summed E-state index contributed by atoms with van der Waals surface area (Å²) in [5.41, 5.74) is 1.37. The molecule has 0 unspecified atom stereocenters. The Morgan fingerprint density at radius 3 is 2.50 bits per heavy atom. The smallest absolute Gasteiger partial charge is 0.328 e. The van der Waals surface area contributed by atoms with Gasteiger partial charge in [-0.2, -0.15) is 0 Å². The summed E-state index contributed by atoms with van der Waals surface area (Å²) in [6.07, 6.45) is 7.55. The van der Waals surface area contributed by atoms with Crippen LogP contribution in [0.4, 0.5) is 0 Å². The monoisotopic (exact) mass is 273 g/mol. The first-order chi connectivity index (χ1) is 9.65. The van der Waals surface area contributed by atoms with Crippen LogP contribution in [-0.4, -0.2) is 23.5 Å². The third-order valence-corrected chi connectivity index (χ3v) is 3.65. The molecule has 0 atom stereocenters. The molecule has 0 saturated heterocycles. The van der Waals surface area contributed by atoms with Crippen LogP contribution in [0.25, 0.3) is 6.08 Å². The summed E-state index contributed by atoms with van der Waals surface area (Å²) in [5.74, 6) is -0.264. The lowest BCUT2D eigenvalue weighted by molar-refractivity contribution is -0.131. The average molecular weight is 273 g/mol. The van der Waals surface area contributed by atoms with E-state index >= 15 is 0 Å². The zero-order valence-corrected chi connectivity index (χ0v) is 11.3. The number of carboxylic acid groups (broad SMARTS) is 1. The Bertz CT molecular complexity index is 501. The molecule has 0 aliphatic heterocycles. The molecule has 2 N–H and O–H groups in total. The zero-order valence-electron chi connectivity index (χ0n) is 11.3. The lowest BCUT2D eigenvalue weighted by Gasteiger charge is -2.25. The number of amides is 1. The van der Waals surface area contributed by atoms with E-state index in [1.54, 1.807) is 24.3 Å². The maximum atomic E-state index is 11.9. The Kier molecular flexibility index (Phi) is 4.93. The van der Waals surface area contributed by atoms with Gasteiger partial charge in [-0.3, -0.25) is 4.79 Å². The Hall–Kier alpha value is -2.10. The molecular weight excluding hydrogens is 254 g/mol. The summed E-state index contributed by atoms with van der Waals surface area (Å²) in [4.78, 5) is 22.3. The van der Waals surface area contributed by atoms with Crippen LogP contribution in [0.2, 0.25) is 0 Å². The second-order valence-corrected chi connectivity index (χ2v) is 5.14. The summed E-state index contributed by atoms with van der Waals surface area (Å²) in [5, 5.41) is 11.5. The highest BCUT2D eigenvalue weighted by atomic mass is 16.4. The molecule has 4 nitrogen and oxygen atoms in total. The summed E-state index contributed by atoms with van der Waals surface area (Å²) in [6, 6.07) is 6.89. The zero-order chi connectivity index (χ0) is 14.4. The summed E-state index contributed by atoms with van der Waals surface area (Å²) in [6.45, 7) is 0.726. The topological polar surface area (TPSA) is 66.4 Å². The van der Waals surface area contributed by atoms with E-state index in [1.165, 1.54) is 25.3 Å². The van der Waals surface area contributed by atoms with E-state index in [1.807, 2.05) is 0 Å². The Balaban J connectivity index is 1.81. The van der Waals surface area contributed by atoms with Crippen molar-refractivity contribution in [1.29, 1.82) is 0 Å². The van der Waals surface area contributed by atoms with Crippen molar-refractivity contribution < 1.29 is 14.7 Å². The molecule has 1 saturated carbocycles. The highest BCUT2D eigenvalue weighted by molar-refractivity contribution is 5.94. The summed E-state index contributed by atoms with van der Waals surface area (Å²) >= 11 is 0. The predicted molar refractivity (Wildman–Crippen MR) is 77.4 cm³/mol. The van der Waals surface area contributed by atoms with Crippen LogP contribution in [0.15, 0.2) is 30.3 Å². The molecule has 4 heteroatoms. The van der Waals surface area contributed by atoms with Crippen molar-refractivity contribution in [2.75, 3.05) is 6.54 Å². The fraction of sp³-hybridized carbons (Fsp3) is 0.375. The molecule has 2 rings (SSSR count). The molecule has 1 aliphatic carbocycles. The highest BCUT2D eigenvalue weighted by Crippen LogP contribution is 2.28. The second-order valence-electron chi connectivity index (χ2n) is 5.14. The molecule has 0 bridgehead atoms. The maximum Gasteiger partial charge on any atom is 0.328 e. The fourth-order valence-corrected chi connectivity index (χ4v) is 2.19. The molecular formula is C16H19NO3. The van der Waals surface area contributed by atoms with Gasteiger partial charge in [0, 0.05) is 18.2 Å². The quantitative estimate of drug-likeness (QED) is 0.783. The van der Waals surface area contributed by atoms with Gasteiger partial charge in [0.05, 0.1) is 0 Å². The van der Waals surface area contributed by atoms with E-state index in [-0.39, 0.29) is 5.91 Å². The van der Waals surface area contributed by atoms with Crippen molar-refractivity contribution in [2.45, 2.75) is 25.7 Å². The van der Waals surface area contributed by atoms with Gasteiger partial charge in [0.1, 0.15) is 0 Å². The predicted octanol–water partition coefficient (Wildman–Crippen LogP) is 2.70. The van der Waals surface area contributed by atoms with E-state index in [4.69, 9.17) is 5.11 Å². The van der Waals surface area contributed by atoms with E-state index in [2.05, 4.69) is 5.32 Å². The number of rotatable bonds is 6. The van der Waals surface area contributed by atoms with Gasteiger partial charge >= 0.3 is 5.97 Å². The first-order valence-corrected chi connectivity index (χ1v) is 6.94. The Labute approximate surface area is 118 Å². The SMILES string of the molecule is O=C(O)/C=C/c1ccc(C(=O)NCCC2CCC2)cc1. The van der Waals surface area contributed by atoms with Crippen LogP contribution in [0, 0.1) is 5.92 Å². The van der Waals surface area contributed by atoms with Crippen LogP contribution in [-0.2, 0) is 4.79 Å². The molecule has 1 fully saturated rings. The molecule has 0 radical (unpaired) electrons. The van der Waals surface area contributed by atoms with Gasteiger partial charge < -0.3 is 10.4 Å². The maximum absolute atomic E-state index is 11.9. The third-order valence-electron chi connectivity index (χ3n) is 3.65. The number of hydrogen-bond acceptors (Lipinski definition) is 2. The van der Waals surface area contributed by atoms with Gasteiger partial charge in [-0.15, -0.1) is 0 Å². The van der Waals surface area contributed by atoms with Crippen LogP contribution in [0.3, 0.4) is 0 Å². The van der Waals surface area contributed by atoms with Crippen molar-refractivity contribution in [2.24, 2.45) is 5.92 Å². The Morgan fingerprint density at radius 2 is 1.95 bits per heavy atom. The number of carbonyl (C=O) groups is 2. The van der Waals surface area contributed by atoms with Crippen molar-refractivity contribution in [3.8, 4) is 0 Å². The molecule has 106 valence electrons. The van der Waals surface area contributed by atoms with Gasteiger partial charge in [-0.05, 0) is 36.1 Å². The van der Waals surface area contributed by atoms with Crippen molar-refractivity contribution >= 4 is 18.0 Å². The standard InChI is InChI=1S/C16H19NO3/c18-15(19)9-6-13-4-7-14(8-5-13)16(20)17-11-10-12-2-1-3-12/h4-9,12H,1-3,10-11H2,(H,17,20)(H,18,19)/b9-6+. The number of benzene rings is 1. The molecule has 1 amide bonds. The lowest BCUT2D eigenvalue weighted by Crippen LogP contribution is -2.27. The third kappa shape index (κ3) is 4.23. The van der Waals surface area contributed by atoms with Gasteiger partial charge in [0.25, 0.3) is 5.91 Å². The van der Waals surface area contributed by atoms with E-state index in [9.17, 15) is 9.59 Å².